The quantitative estimate of drug-likeness (QED) is 0.151. The van der Waals surface area contributed by atoms with Gasteiger partial charge in [0.1, 0.15) is 0 Å². The van der Waals surface area contributed by atoms with Crippen LogP contribution >= 0.6 is 0 Å². The van der Waals surface area contributed by atoms with E-state index in [1.165, 1.54) is 65.9 Å². The van der Waals surface area contributed by atoms with Crippen LogP contribution in [-0.2, 0) is 0 Å². The second-order valence-electron chi connectivity index (χ2n) is 16.1. The summed E-state index contributed by atoms with van der Waals surface area (Å²) in [5, 5.41) is 7.36. The molecular weight excluding hydrogens is 763 g/mol. The molecule has 0 unspecified atom stereocenters. The third-order valence-corrected chi connectivity index (χ3v) is 12.5. The molecule has 0 fully saturated rings. The molecule has 0 spiro atoms. The molecule has 1 aliphatic rings. The van der Waals surface area contributed by atoms with Crippen LogP contribution in [0, 0.1) is 0 Å². The van der Waals surface area contributed by atoms with Gasteiger partial charge in [-0.15, -0.1) is 0 Å². The van der Waals surface area contributed by atoms with Crippen molar-refractivity contribution in [3.63, 3.8) is 0 Å². The van der Waals surface area contributed by atoms with Gasteiger partial charge in [-0.3, -0.25) is 0 Å². The van der Waals surface area contributed by atoms with Crippen LogP contribution < -0.4 is 14.7 Å². The standard InChI is InChI=1S/C60H41N3/c1-3-19-46(20-4-1)61(47-21-5-2-6-22-47)48-35-37-50(38-36-48)63-58-27-12-11-24-54(58)56-26-14-25-55-52(39-40-59(63)60(55)56)44-30-32-49(33-31-44)62(51-34-29-42-15-7-8-17-45(42)41-51)57-28-13-18-43-16-9-10-23-53(43)57/h1-41H. The molecule has 0 bridgehead atoms. The Morgan fingerprint density at radius 3 is 1.62 bits per heavy atom. The number of hydrogen-bond donors (Lipinski definition) is 0. The maximum Gasteiger partial charge on any atom is 0.0546 e. The maximum atomic E-state index is 2.43. The smallest absolute Gasteiger partial charge is 0.0546 e. The summed E-state index contributed by atoms with van der Waals surface area (Å²) in [4.78, 5) is 7.14. The lowest BCUT2D eigenvalue weighted by atomic mass is 9.87. The van der Waals surface area contributed by atoms with E-state index in [-0.39, 0.29) is 0 Å². The largest absolute Gasteiger partial charge is 0.311 e. The lowest BCUT2D eigenvalue weighted by Gasteiger charge is -2.34. The SMILES string of the molecule is c1ccc(N(c2ccccc2)c2ccc(N3c4ccccc4-c4cccc5c(-c6ccc(N(c7ccc8ccccc8c7)c7cccc8ccccc78)cc6)ccc3c45)cc2)cc1. The molecule has 0 aliphatic carbocycles. The highest BCUT2D eigenvalue weighted by Crippen LogP contribution is 2.53. The summed E-state index contributed by atoms with van der Waals surface area (Å²) in [6.45, 7) is 0. The van der Waals surface area contributed by atoms with Gasteiger partial charge in [0.25, 0.3) is 0 Å². The number of fused-ring (bicyclic) bond motifs is 4. The Bertz CT molecular complexity index is 3410. The average Bonchev–Trinajstić information content (AvgIpc) is 3.36. The number of para-hydroxylation sites is 3. The van der Waals surface area contributed by atoms with Gasteiger partial charge in [-0.25, -0.2) is 0 Å². The molecule has 11 aromatic rings. The van der Waals surface area contributed by atoms with Crippen LogP contribution in [0.3, 0.4) is 0 Å². The molecule has 3 heteroatoms. The van der Waals surface area contributed by atoms with Crippen molar-refractivity contribution >= 4 is 83.5 Å². The molecule has 1 aliphatic heterocycles. The summed E-state index contributed by atoms with van der Waals surface area (Å²) in [5.74, 6) is 0. The van der Waals surface area contributed by atoms with Crippen LogP contribution in [0.25, 0.3) is 54.6 Å². The van der Waals surface area contributed by atoms with Gasteiger partial charge in [0.05, 0.1) is 17.1 Å². The van der Waals surface area contributed by atoms with E-state index in [2.05, 4.69) is 263 Å². The number of benzene rings is 11. The van der Waals surface area contributed by atoms with E-state index in [0.29, 0.717) is 0 Å². The van der Waals surface area contributed by atoms with Crippen LogP contribution in [0.4, 0.5) is 51.2 Å². The van der Waals surface area contributed by atoms with Gasteiger partial charge in [-0.1, -0.05) is 158 Å². The highest BCUT2D eigenvalue weighted by molar-refractivity contribution is 6.17. The van der Waals surface area contributed by atoms with Crippen molar-refractivity contribution in [3.05, 3.63) is 249 Å². The van der Waals surface area contributed by atoms with Gasteiger partial charge < -0.3 is 14.7 Å². The van der Waals surface area contributed by atoms with E-state index in [4.69, 9.17) is 0 Å². The summed E-state index contributed by atoms with van der Waals surface area (Å²) in [7, 11) is 0. The second kappa shape index (κ2) is 15.3. The molecule has 11 aromatic carbocycles. The second-order valence-corrected chi connectivity index (χ2v) is 16.1. The summed E-state index contributed by atoms with van der Waals surface area (Å²) >= 11 is 0. The predicted octanol–water partition coefficient (Wildman–Crippen LogP) is 17.2. The van der Waals surface area contributed by atoms with Crippen LogP contribution in [-0.4, -0.2) is 0 Å². The fraction of sp³-hybridized carbons (Fsp3) is 0. The Hall–Kier alpha value is -8.40. The minimum atomic E-state index is 1.10. The van der Waals surface area contributed by atoms with E-state index >= 15 is 0 Å². The van der Waals surface area contributed by atoms with E-state index in [1.54, 1.807) is 0 Å². The molecule has 1 heterocycles. The van der Waals surface area contributed by atoms with E-state index < -0.39 is 0 Å². The molecule has 12 rings (SSSR count). The molecule has 296 valence electrons. The molecule has 0 radical (unpaired) electrons. The van der Waals surface area contributed by atoms with Crippen LogP contribution in [0.15, 0.2) is 249 Å². The van der Waals surface area contributed by atoms with Gasteiger partial charge in [-0.05, 0) is 129 Å². The van der Waals surface area contributed by atoms with Gasteiger partial charge >= 0.3 is 0 Å². The Labute approximate surface area is 367 Å². The zero-order chi connectivity index (χ0) is 41.7. The highest BCUT2D eigenvalue weighted by Gasteiger charge is 2.27. The van der Waals surface area contributed by atoms with Crippen LogP contribution in [0.1, 0.15) is 0 Å². The van der Waals surface area contributed by atoms with E-state index in [0.717, 1.165) is 39.8 Å². The molecule has 3 nitrogen and oxygen atoms in total. The maximum absolute atomic E-state index is 2.43. The Balaban J connectivity index is 0.960. The summed E-state index contributed by atoms with van der Waals surface area (Å²) in [5.41, 5.74) is 15.0. The van der Waals surface area contributed by atoms with Crippen molar-refractivity contribution in [3.8, 4) is 22.3 Å². The van der Waals surface area contributed by atoms with Crippen molar-refractivity contribution in [2.45, 2.75) is 0 Å². The van der Waals surface area contributed by atoms with Crippen LogP contribution in [0.5, 0.6) is 0 Å². The number of rotatable bonds is 8. The average molecular weight is 804 g/mol. The number of hydrogen-bond acceptors (Lipinski definition) is 3. The normalized spacial score (nSPS) is 11.8. The van der Waals surface area contributed by atoms with Crippen molar-refractivity contribution < 1.29 is 0 Å². The zero-order valence-electron chi connectivity index (χ0n) is 34.5. The summed E-state index contributed by atoms with van der Waals surface area (Å²) in [6.07, 6.45) is 0. The van der Waals surface area contributed by atoms with Crippen molar-refractivity contribution in [1.29, 1.82) is 0 Å². The molecule has 63 heavy (non-hydrogen) atoms. The number of anilines is 9. The molecule has 0 atom stereocenters. The first kappa shape index (κ1) is 36.5. The van der Waals surface area contributed by atoms with E-state index in [9.17, 15) is 0 Å². The first-order chi connectivity index (χ1) is 31.3. The van der Waals surface area contributed by atoms with Gasteiger partial charge in [-0.2, -0.15) is 0 Å². The van der Waals surface area contributed by atoms with Crippen molar-refractivity contribution in [1.82, 2.24) is 0 Å². The fourth-order valence-electron chi connectivity index (χ4n) is 9.64. The highest BCUT2D eigenvalue weighted by atomic mass is 15.2. The lowest BCUT2D eigenvalue weighted by Crippen LogP contribution is -2.15. The predicted molar refractivity (Wildman–Crippen MR) is 267 cm³/mol. The molecule has 0 saturated carbocycles. The zero-order valence-corrected chi connectivity index (χ0v) is 34.5. The lowest BCUT2D eigenvalue weighted by molar-refractivity contribution is 1.26. The van der Waals surface area contributed by atoms with Gasteiger partial charge in [0.15, 0.2) is 0 Å². The first-order valence-electron chi connectivity index (χ1n) is 21.6. The van der Waals surface area contributed by atoms with E-state index in [1.807, 2.05) is 0 Å². The van der Waals surface area contributed by atoms with Gasteiger partial charge in [0, 0.05) is 50.5 Å². The number of nitrogens with zero attached hydrogens (tertiary/aromatic N) is 3. The summed E-state index contributed by atoms with van der Waals surface area (Å²) < 4.78 is 0. The Kier molecular flexibility index (Phi) is 8.83. The first-order valence-corrected chi connectivity index (χ1v) is 21.6. The topological polar surface area (TPSA) is 9.72 Å². The monoisotopic (exact) mass is 803 g/mol. The molecule has 0 saturated heterocycles. The Morgan fingerprint density at radius 2 is 0.841 bits per heavy atom. The minimum Gasteiger partial charge on any atom is -0.311 e. The molecule has 0 N–H and O–H groups in total. The molecule has 0 amide bonds. The van der Waals surface area contributed by atoms with Crippen molar-refractivity contribution in [2.24, 2.45) is 0 Å². The minimum absolute atomic E-state index is 1.10. The molecule has 0 aromatic heterocycles. The third kappa shape index (κ3) is 6.29. The van der Waals surface area contributed by atoms with Crippen molar-refractivity contribution in [2.75, 3.05) is 14.7 Å². The Morgan fingerprint density at radius 1 is 0.286 bits per heavy atom. The fourth-order valence-corrected chi connectivity index (χ4v) is 9.64. The molecular formula is C60H41N3. The summed E-state index contributed by atoms with van der Waals surface area (Å²) in [6, 6.07) is 90.1. The van der Waals surface area contributed by atoms with Crippen LogP contribution in [0.2, 0.25) is 0 Å². The third-order valence-electron chi connectivity index (χ3n) is 12.5. The van der Waals surface area contributed by atoms with Gasteiger partial charge in [0.2, 0.25) is 0 Å².